The molecule has 3 aromatic rings. The van der Waals surface area contributed by atoms with Crippen LogP contribution in [0.15, 0.2) is 48.5 Å². The Hall–Kier alpha value is -3.15. The first-order valence-electron chi connectivity index (χ1n) is 7.46. The van der Waals surface area contributed by atoms with Crippen LogP contribution in [0.5, 0.6) is 5.75 Å². The van der Waals surface area contributed by atoms with Crippen molar-refractivity contribution < 1.29 is 14.3 Å². The number of aromatic nitrogens is 2. The highest BCUT2D eigenvalue weighted by Crippen LogP contribution is 2.41. The lowest BCUT2D eigenvalue weighted by Gasteiger charge is -2.22. The van der Waals surface area contributed by atoms with Gasteiger partial charge in [0.15, 0.2) is 0 Å². The van der Waals surface area contributed by atoms with Crippen LogP contribution in [0.3, 0.4) is 0 Å². The van der Waals surface area contributed by atoms with Crippen LogP contribution >= 0.6 is 0 Å². The van der Waals surface area contributed by atoms with E-state index in [2.05, 4.69) is 10.2 Å². The van der Waals surface area contributed by atoms with Gasteiger partial charge in [-0.3, -0.25) is 9.89 Å². The SMILES string of the molecule is CN1C(=O)c2[nH]nc(-c3ccc(F)cc3)c2[C@@H]1c1ccc(O)cc1. The molecule has 0 spiro atoms. The minimum atomic E-state index is -0.325. The van der Waals surface area contributed by atoms with Gasteiger partial charge in [0.05, 0.1) is 11.7 Å². The highest BCUT2D eigenvalue weighted by Gasteiger charge is 2.40. The Morgan fingerprint density at radius 1 is 1.12 bits per heavy atom. The summed E-state index contributed by atoms with van der Waals surface area (Å²) >= 11 is 0. The van der Waals surface area contributed by atoms with Gasteiger partial charge in [0, 0.05) is 18.2 Å². The molecular weight excluding hydrogens is 309 g/mol. The molecule has 2 heterocycles. The fourth-order valence-electron chi connectivity index (χ4n) is 3.14. The van der Waals surface area contributed by atoms with E-state index in [0.717, 1.165) is 16.7 Å². The van der Waals surface area contributed by atoms with Crippen LogP contribution in [0.1, 0.15) is 27.7 Å². The zero-order chi connectivity index (χ0) is 16.8. The molecule has 0 saturated heterocycles. The van der Waals surface area contributed by atoms with Crippen molar-refractivity contribution in [3.8, 4) is 17.0 Å². The highest BCUT2D eigenvalue weighted by atomic mass is 19.1. The normalized spacial score (nSPS) is 16.5. The minimum Gasteiger partial charge on any atom is -0.508 e. The van der Waals surface area contributed by atoms with Crippen molar-refractivity contribution >= 4 is 5.91 Å². The summed E-state index contributed by atoms with van der Waals surface area (Å²) < 4.78 is 13.2. The Kier molecular flexibility index (Phi) is 3.13. The molecule has 0 radical (unpaired) electrons. The number of phenols is 1. The Bertz CT molecular complexity index is 916. The van der Waals surface area contributed by atoms with Crippen molar-refractivity contribution in [1.82, 2.24) is 15.1 Å². The lowest BCUT2D eigenvalue weighted by Crippen LogP contribution is -2.24. The molecule has 2 aromatic carbocycles. The zero-order valence-corrected chi connectivity index (χ0v) is 12.8. The molecule has 0 bridgehead atoms. The molecule has 24 heavy (non-hydrogen) atoms. The maximum absolute atomic E-state index is 13.2. The van der Waals surface area contributed by atoms with Gasteiger partial charge >= 0.3 is 0 Å². The van der Waals surface area contributed by atoms with E-state index in [1.807, 2.05) is 0 Å². The molecule has 1 aliphatic rings. The van der Waals surface area contributed by atoms with Gasteiger partial charge in [-0.15, -0.1) is 0 Å². The first-order chi connectivity index (χ1) is 11.6. The van der Waals surface area contributed by atoms with Gasteiger partial charge in [-0.2, -0.15) is 5.10 Å². The Morgan fingerprint density at radius 3 is 2.46 bits per heavy atom. The number of amides is 1. The number of hydrogen-bond acceptors (Lipinski definition) is 3. The summed E-state index contributed by atoms with van der Waals surface area (Å²) in [5, 5.41) is 16.6. The average molecular weight is 323 g/mol. The van der Waals surface area contributed by atoms with Gasteiger partial charge in [0.2, 0.25) is 0 Å². The molecule has 2 N–H and O–H groups in total. The fourth-order valence-corrected chi connectivity index (χ4v) is 3.14. The first kappa shape index (κ1) is 14.4. The van der Waals surface area contributed by atoms with Crippen LogP contribution in [0.25, 0.3) is 11.3 Å². The second-order valence-corrected chi connectivity index (χ2v) is 5.78. The van der Waals surface area contributed by atoms with E-state index in [4.69, 9.17) is 0 Å². The number of phenolic OH excluding ortho intramolecular Hbond substituents is 1. The molecule has 1 aromatic heterocycles. The Morgan fingerprint density at radius 2 is 1.79 bits per heavy atom. The number of aromatic hydroxyl groups is 1. The predicted molar refractivity (Wildman–Crippen MR) is 86.0 cm³/mol. The topological polar surface area (TPSA) is 69.2 Å². The van der Waals surface area contributed by atoms with Gasteiger partial charge in [-0.05, 0) is 42.0 Å². The smallest absolute Gasteiger partial charge is 0.272 e. The zero-order valence-electron chi connectivity index (χ0n) is 12.8. The third-order valence-corrected chi connectivity index (χ3v) is 4.33. The fraction of sp³-hybridized carbons (Fsp3) is 0.111. The van der Waals surface area contributed by atoms with Crippen molar-refractivity contribution in [1.29, 1.82) is 0 Å². The molecule has 1 aliphatic heterocycles. The summed E-state index contributed by atoms with van der Waals surface area (Å²) in [6.07, 6.45) is 0. The van der Waals surface area contributed by atoms with Gasteiger partial charge < -0.3 is 10.0 Å². The second-order valence-electron chi connectivity index (χ2n) is 5.78. The van der Waals surface area contributed by atoms with E-state index in [-0.39, 0.29) is 23.5 Å². The molecule has 6 heteroatoms. The number of rotatable bonds is 2. The largest absolute Gasteiger partial charge is 0.508 e. The lowest BCUT2D eigenvalue weighted by molar-refractivity contribution is 0.0788. The van der Waals surface area contributed by atoms with Crippen molar-refractivity contribution in [2.24, 2.45) is 0 Å². The lowest BCUT2D eigenvalue weighted by atomic mass is 9.96. The number of fused-ring (bicyclic) bond motifs is 1. The number of nitrogens with zero attached hydrogens (tertiary/aromatic N) is 2. The first-order valence-corrected chi connectivity index (χ1v) is 7.46. The molecule has 0 unspecified atom stereocenters. The summed E-state index contributed by atoms with van der Waals surface area (Å²) in [6, 6.07) is 12.4. The van der Waals surface area contributed by atoms with E-state index >= 15 is 0 Å². The predicted octanol–water partition coefficient (Wildman–Crippen LogP) is 3.10. The molecular formula is C18H14FN3O2. The highest BCUT2D eigenvalue weighted by molar-refractivity contribution is 5.99. The van der Waals surface area contributed by atoms with E-state index in [0.29, 0.717) is 11.4 Å². The van der Waals surface area contributed by atoms with Gasteiger partial charge in [0.25, 0.3) is 5.91 Å². The molecule has 1 amide bonds. The summed E-state index contributed by atoms with van der Waals surface area (Å²) in [4.78, 5) is 14.1. The summed E-state index contributed by atoms with van der Waals surface area (Å²) in [6.45, 7) is 0. The minimum absolute atomic E-state index is 0.149. The third-order valence-electron chi connectivity index (χ3n) is 4.33. The van der Waals surface area contributed by atoms with E-state index in [9.17, 15) is 14.3 Å². The van der Waals surface area contributed by atoms with Crippen molar-refractivity contribution in [2.45, 2.75) is 6.04 Å². The number of carbonyl (C=O) groups is 1. The van der Waals surface area contributed by atoms with Gasteiger partial charge in [-0.25, -0.2) is 4.39 Å². The van der Waals surface area contributed by atoms with Crippen molar-refractivity contribution in [3.05, 3.63) is 71.2 Å². The number of hydrogen-bond donors (Lipinski definition) is 2. The van der Waals surface area contributed by atoms with Gasteiger partial charge in [0.1, 0.15) is 17.3 Å². The van der Waals surface area contributed by atoms with Gasteiger partial charge in [-0.1, -0.05) is 12.1 Å². The van der Waals surface area contributed by atoms with Crippen molar-refractivity contribution in [2.75, 3.05) is 7.05 Å². The quantitative estimate of drug-likeness (QED) is 0.761. The Labute approximate surface area is 137 Å². The van der Waals surface area contributed by atoms with E-state index < -0.39 is 0 Å². The third kappa shape index (κ3) is 2.07. The summed E-state index contributed by atoms with van der Waals surface area (Å²) in [5.41, 5.74) is 3.43. The standard InChI is InChI=1S/C18H14FN3O2/c1-22-17(11-4-8-13(23)9-5-11)14-15(20-21-16(14)18(22)24)10-2-6-12(19)7-3-10/h2-9,17,23H,1H3,(H,20,21)/t17-/m0/s1. The molecule has 1 atom stereocenters. The number of carbonyl (C=O) groups excluding carboxylic acids is 1. The van der Waals surface area contributed by atoms with Crippen LogP contribution in [-0.2, 0) is 0 Å². The van der Waals surface area contributed by atoms with Crippen LogP contribution in [0.2, 0.25) is 0 Å². The average Bonchev–Trinajstić information content (AvgIpc) is 3.10. The molecule has 4 rings (SSSR count). The van der Waals surface area contributed by atoms with E-state index in [1.54, 1.807) is 48.3 Å². The van der Waals surface area contributed by atoms with Crippen LogP contribution in [0.4, 0.5) is 4.39 Å². The molecule has 5 nitrogen and oxygen atoms in total. The molecule has 120 valence electrons. The molecule has 0 saturated carbocycles. The number of halogens is 1. The van der Waals surface area contributed by atoms with Crippen LogP contribution in [0, 0.1) is 5.82 Å². The number of nitrogens with one attached hydrogen (secondary N) is 1. The maximum atomic E-state index is 13.2. The van der Waals surface area contributed by atoms with Crippen molar-refractivity contribution in [3.63, 3.8) is 0 Å². The van der Waals surface area contributed by atoms with Crippen LogP contribution < -0.4 is 0 Å². The number of aromatic amines is 1. The number of H-pyrrole nitrogens is 1. The second kappa shape index (κ2) is 5.19. The summed E-state index contributed by atoms with van der Waals surface area (Å²) in [5.74, 6) is -0.310. The molecule has 0 aliphatic carbocycles. The number of benzene rings is 2. The Balaban J connectivity index is 1.88. The van der Waals surface area contributed by atoms with E-state index in [1.165, 1.54) is 12.1 Å². The van der Waals surface area contributed by atoms with Crippen LogP contribution in [-0.4, -0.2) is 33.2 Å². The molecule has 0 fully saturated rings. The summed E-state index contributed by atoms with van der Waals surface area (Å²) in [7, 11) is 1.72. The monoisotopic (exact) mass is 323 g/mol. The maximum Gasteiger partial charge on any atom is 0.272 e.